The fourth-order valence-electron chi connectivity index (χ4n) is 4.70. The van der Waals surface area contributed by atoms with Crippen molar-refractivity contribution in [2.45, 2.75) is 0 Å². The minimum atomic E-state index is 0.696. The van der Waals surface area contributed by atoms with Crippen LogP contribution < -0.4 is 0 Å². The van der Waals surface area contributed by atoms with Crippen LogP contribution in [0.3, 0.4) is 0 Å². The fraction of sp³-hybridized carbons (Fsp3) is 0. The molecule has 0 radical (unpaired) electrons. The van der Waals surface area contributed by atoms with E-state index >= 15 is 0 Å². The molecule has 7 rings (SSSR count). The summed E-state index contributed by atoms with van der Waals surface area (Å²) >= 11 is 11.5. The second-order valence-electron chi connectivity index (χ2n) is 8.45. The molecule has 0 N–H and O–H groups in total. The number of hydrogen-bond donors (Lipinski definition) is 0. The van der Waals surface area contributed by atoms with E-state index in [0.29, 0.717) is 16.7 Å². The Balaban J connectivity index is 1.67. The van der Waals surface area contributed by atoms with Gasteiger partial charge in [-0.3, -0.25) is 0 Å². The Hall–Kier alpha value is -3.06. The van der Waals surface area contributed by atoms with Gasteiger partial charge in [0.05, 0.1) is 29.6 Å². The molecule has 36 heavy (non-hydrogen) atoms. The number of hydrogen-bond acceptors (Lipinski definition) is 3. The van der Waals surface area contributed by atoms with E-state index in [9.17, 15) is 0 Å². The molecule has 6 heteroatoms. The highest BCUT2D eigenvalue weighted by Crippen LogP contribution is 2.53. The largest absolute Gasteiger partial charge is 0.454 e. The number of benzene rings is 4. The van der Waals surface area contributed by atoms with Crippen LogP contribution in [-0.4, -0.2) is 0 Å². The molecule has 0 amide bonds. The number of fused-ring (bicyclic) bond motifs is 6. The van der Waals surface area contributed by atoms with E-state index in [1.807, 2.05) is 91.0 Å². The van der Waals surface area contributed by atoms with E-state index in [2.05, 4.69) is 47.8 Å². The lowest BCUT2D eigenvalue weighted by molar-refractivity contribution is 0.622. The maximum Gasteiger partial charge on any atom is 0.152 e. The van der Waals surface area contributed by atoms with Crippen molar-refractivity contribution in [3.05, 3.63) is 104 Å². The first-order valence-corrected chi connectivity index (χ1v) is 13.7. The number of rotatable bonds is 3. The van der Waals surface area contributed by atoms with Gasteiger partial charge in [0.2, 0.25) is 0 Å². The highest BCUT2D eigenvalue weighted by molar-refractivity contribution is 9.11. The quantitative estimate of drug-likeness (QED) is 0.189. The monoisotopic (exact) mass is 660 g/mol. The van der Waals surface area contributed by atoms with E-state index in [1.54, 1.807) is 0 Å². The third kappa shape index (κ3) is 3.21. The minimum Gasteiger partial charge on any atom is -0.454 e. The molecule has 0 fully saturated rings. The molecule has 0 unspecified atom stereocenters. The number of furan rings is 3. The smallest absolute Gasteiger partial charge is 0.152 e. The summed E-state index contributed by atoms with van der Waals surface area (Å²) in [6.07, 6.45) is 0. The Morgan fingerprint density at radius 3 is 0.861 bits per heavy atom. The lowest BCUT2D eigenvalue weighted by atomic mass is 10.1. The van der Waals surface area contributed by atoms with E-state index in [4.69, 9.17) is 13.3 Å². The molecule has 0 bridgehead atoms. The summed E-state index contributed by atoms with van der Waals surface area (Å²) in [7, 11) is 0. The molecule has 3 aromatic heterocycles. The Morgan fingerprint density at radius 1 is 0.361 bits per heavy atom. The van der Waals surface area contributed by atoms with Gasteiger partial charge >= 0.3 is 0 Å². The predicted molar refractivity (Wildman–Crippen MR) is 155 cm³/mol. The summed E-state index contributed by atoms with van der Waals surface area (Å²) in [5.41, 5.74) is 5.00. The van der Waals surface area contributed by atoms with E-state index in [0.717, 1.165) is 63.5 Å². The molecule has 4 aromatic carbocycles. The van der Waals surface area contributed by atoms with Gasteiger partial charge in [0.1, 0.15) is 17.3 Å². The van der Waals surface area contributed by atoms with E-state index in [-0.39, 0.29) is 0 Å². The maximum absolute atomic E-state index is 6.58. The van der Waals surface area contributed by atoms with Crippen molar-refractivity contribution < 1.29 is 13.3 Å². The van der Waals surface area contributed by atoms with Crippen LogP contribution in [0, 0.1) is 0 Å². The van der Waals surface area contributed by atoms with E-state index in [1.165, 1.54) is 0 Å². The fourth-order valence-corrected chi connectivity index (χ4v) is 6.71. The normalized spacial score (nSPS) is 11.8. The first-order chi connectivity index (χ1) is 17.6. The van der Waals surface area contributed by atoms with Crippen LogP contribution in [0.5, 0.6) is 0 Å². The van der Waals surface area contributed by atoms with Crippen molar-refractivity contribution in [1.82, 2.24) is 0 Å². The van der Waals surface area contributed by atoms with Gasteiger partial charge in [0.15, 0.2) is 16.7 Å². The van der Waals surface area contributed by atoms with Gasteiger partial charge in [-0.1, -0.05) is 91.0 Å². The Morgan fingerprint density at radius 2 is 0.611 bits per heavy atom. The van der Waals surface area contributed by atoms with Crippen LogP contribution in [0.2, 0.25) is 0 Å². The first-order valence-electron chi connectivity index (χ1n) is 11.3. The Bertz CT molecular complexity index is 1640. The van der Waals surface area contributed by atoms with Crippen LogP contribution >= 0.6 is 47.8 Å². The van der Waals surface area contributed by atoms with Gasteiger partial charge in [-0.25, -0.2) is 0 Å². The van der Waals surface area contributed by atoms with Crippen molar-refractivity contribution >= 4 is 80.7 Å². The average molecular weight is 663 g/mol. The summed E-state index contributed by atoms with van der Waals surface area (Å²) in [4.78, 5) is 0. The number of halogens is 3. The molecule has 0 aliphatic rings. The third-order valence-electron chi connectivity index (χ3n) is 6.34. The Kier molecular flexibility index (Phi) is 5.24. The summed E-state index contributed by atoms with van der Waals surface area (Å²) in [6.45, 7) is 0. The van der Waals surface area contributed by atoms with Crippen LogP contribution in [-0.2, 0) is 0 Å². The third-order valence-corrected chi connectivity index (χ3v) is 8.61. The highest BCUT2D eigenvalue weighted by Gasteiger charge is 2.30. The minimum absolute atomic E-state index is 0.696. The summed E-state index contributed by atoms with van der Waals surface area (Å²) in [6, 6.07) is 30.2. The second-order valence-corrected chi connectivity index (χ2v) is 10.8. The van der Waals surface area contributed by atoms with Crippen LogP contribution in [0.4, 0.5) is 0 Å². The van der Waals surface area contributed by atoms with Gasteiger partial charge in [-0.15, -0.1) is 0 Å². The van der Waals surface area contributed by atoms with Crippen molar-refractivity contribution in [1.29, 1.82) is 0 Å². The molecular weight excluding hydrogens is 648 g/mol. The average Bonchev–Trinajstić information content (AvgIpc) is 3.57. The predicted octanol–water partition coefficient (Wildman–Crippen LogP) is 11.2. The zero-order valence-corrected chi connectivity index (χ0v) is 23.3. The molecule has 7 aromatic rings. The highest BCUT2D eigenvalue weighted by atomic mass is 79.9. The van der Waals surface area contributed by atoms with Crippen molar-refractivity contribution in [2.24, 2.45) is 0 Å². The SMILES string of the molecule is Brc1c(-c2ccccc2)oc2c1c1oc(-c3ccccc3)c(Br)c1c1oc(-c3ccccc3)c(Br)c21. The van der Waals surface area contributed by atoms with Gasteiger partial charge in [-0.2, -0.15) is 0 Å². The molecule has 0 saturated carbocycles. The standard InChI is InChI=1S/C30H15Br3O3/c31-22-19-28(34-25(22)16-10-4-1-5-11-16)20-23(32)26(17-12-6-2-7-13-17)36-30(20)21-24(33)27(35-29(19)21)18-14-8-3-9-15-18/h1-15H. The summed E-state index contributed by atoms with van der Waals surface area (Å²) < 4.78 is 22.3. The van der Waals surface area contributed by atoms with Crippen LogP contribution in [0.25, 0.3) is 66.9 Å². The van der Waals surface area contributed by atoms with Crippen LogP contribution in [0.15, 0.2) is 118 Å². The first kappa shape index (κ1) is 22.2. The van der Waals surface area contributed by atoms with Gasteiger partial charge in [0, 0.05) is 16.7 Å². The summed E-state index contributed by atoms with van der Waals surface area (Å²) in [5, 5.41) is 2.58. The second kappa shape index (κ2) is 8.51. The molecule has 174 valence electrons. The molecule has 0 aliphatic carbocycles. The molecule has 0 aliphatic heterocycles. The van der Waals surface area contributed by atoms with Crippen molar-refractivity contribution in [2.75, 3.05) is 0 Å². The van der Waals surface area contributed by atoms with Crippen molar-refractivity contribution in [3.8, 4) is 34.0 Å². The molecule has 3 heterocycles. The molecule has 0 saturated heterocycles. The van der Waals surface area contributed by atoms with E-state index < -0.39 is 0 Å². The van der Waals surface area contributed by atoms with Gasteiger partial charge in [-0.05, 0) is 47.8 Å². The van der Waals surface area contributed by atoms with Crippen molar-refractivity contribution in [3.63, 3.8) is 0 Å². The van der Waals surface area contributed by atoms with Gasteiger partial charge < -0.3 is 13.3 Å². The molecule has 0 atom stereocenters. The molecule has 0 spiro atoms. The molecule has 3 nitrogen and oxygen atoms in total. The van der Waals surface area contributed by atoms with Gasteiger partial charge in [0.25, 0.3) is 0 Å². The Labute approximate surface area is 231 Å². The zero-order chi connectivity index (χ0) is 24.4. The lowest BCUT2D eigenvalue weighted by Gasteiger charge is -1.96. The topological polar surface area (TPSA) is 39.4 Å². The van der Waals surface area contributed by atoms with Crippen LogP contribution in [0.1, 0.15) is 0 Å². The molecular formula is C30H15Br3O3. The maximum atomic E-state index is 6.58. The summed E-state index contributed by atoms with van der Waals surface area (Å²) in [5.74, 6) is 2.22. The zero-order valence-electron chi connectivity index (χ0n) is 18.5. The lowest BCUT2D eigenvalue weighted by Crippen LogP contribution is -1.75.